The molecule has 42 heavy (non-hydrogen) atoms. The molecule has 220 valence electrons. The lowest BCUT2D eigenvalue weighted by Crippen LogP contribution is -2.48. The largest absolute Gasteiger partial charge is 0.486 e. The minimum absolute atomic E-state index is 0.165. The smallest absolute Gasteiger partial charge is 0.400 e. The van der Waals surface area contributed by atoms with Gasteiger partial charge in [-0.05, 0) is 72.5 Å². The molecule has 2 saturated heterocycles. The zero-order chi connectivity index (χ0) is 29.9. The Morgan fingerprint density at radius 1 is 1.05 bits per heavy atom. The minimum Gasteiger partial charge on any atom is -0.400 e. The van der Waals surface area contributed by atoms with Crippen LogP contribution in [-0.2, 0) is 22.3 Å². The van der Waals surface area contributed by atoms with E-state index in [0.717, 1.165) is 65.8 Å². The number of aromatic nitrogens is 4. The Labute approximate surface area is 254 Å². The van der Waals surface area contributed by atoms with Crippen molar-refractivity contribution in [1.29, 1.82) is 0 Å². The molecule has 2 fully saturated rings. The molecule has 2 atom stereocenters. The number of hydrogen-bond acceptors (Lipinski definition) is 7. The normalized spacial score (nSPS) is 21.3. The van der Waals surface area contributed by atoms with Crippen LogP contribution in [0.5, 0.6) is 0 Å². The van der Waals surface area contributed by atoms with E-state index in [1.165, 1.54) is 0 Å². The Morgan fingerprint density at radius 3 is 2.48 bits per heavy atom. The molecule has 0 bridgehead atoms. The van der Waals surface area contributed by atoms with E-state index in [1.807, 2.05) is 35.0 Å². The van der Waals surface area contributed by atoms with Gasteiger partial charge >= 0.3 is 7.12 Å². The van der Waals surface area contributed by atoms with Crippen molar-refractivity contribution in [3.63, 3.8) is 0 Å². The molecule has 8 nitrogen and oxygen atoms in total. The quantitative estimate of drug-likeness (QED) is 0.208. The number of piperazine rings is 1. The molecule has 2 unspecified atom stereocenters. The Bertz CT molecular complexity index is 1440. The van der Waals surface area contributed by atoms with E-state index < -0.39 is 18.3 Å². The summed E-state index contributed by atoms with van der Waals surface area (Å²) in [6, 6.07) is 14.3. The van der Waals surface area contributed by atoms with Gasteiger partial charge in [0.1, 0.15) is 0 Å². The molecule has 2 aliphatic heterocycles. The highest BCUT2D eigenvalue weighted by atomic mass is 35.5. The van der Waals surface area contributed by atoms with Gasteiger partial charge in [-0.2, -0.15) is 0 Å². The number of tetrazole rings is 1. The van der Waals surface area contributed by atoms with E-state index in [-0.39, 0.29) is 6.04 Å². The van der Waals surface area contributed by atoms with Crippen LogP contribution in [-0.4, -0.2) is 69.6 Å². The molecule has 2 aliphatic rings. The number of halogens is 1. The first-order valence-corrected chi connectivity index (χ1v) is 14.9. The molecular formula is C32H40BClN6O2. The van der Waals surface area contributed by atoms with Crippen molar-refractivity contribution in [3.05, 3.63) is 102 Å². The van der Waals surface area contributed by atoms with Crippen molar-refractivity contribution in [2.75, 3.05) is 31.1 Å². The van der Waals surface area contributed by atoms with E-state index in [9.17, 15) is 0 Å². The lowest BCUT2D eigenvalue weighted by molar-refractivity contribution is -0.00882. The van der Waals surface area contributed by atoms with E-state index >= 15 is 0 Å². The predicted molar refractivity (Wildman–Crippen MR) is 171 cm³/mol. The van der Waals surface area contributed by atoms with Crippen LogP contribution in [0.4, 0.5) is 5.69 Å². The first kappa shape index (κ1) is 30.2. The van der Waals surface area contributed by atoms with Gasteiger partial charge in [0.25, 0.3) is 0 Å². The van der Waals surface area contributed by atoms with E-state index in [0.29, 0.717) is 13.0 Å². The lowest BCUT2D eigenvalue weighted by Gasteiger charge is -2.41. The molecule has 0 radical (unpaired) electrons. The summed E-state index contributed by atoms with van der Waals surface area (Å²) >= 11 is 6.30. The zero-order valence-electron chi connectivity index (χ0n) is 24.9. The summed E-state index contributed by atoms with van der Waals surface area (Å²) in [6.07, 6.45) is 5.27. The predicted octanol–water partition coefficient (Wildman–Crippen LogP) is 5.80. The summed E-state index contributed by atoms with van der Waals surface area (Å²) in [5, 5.41) is 13.8. The van der Waals surface area contributed by atoms with Crippen molar-refractivity contribution in [3.8, 4) is 0 Å². The first-order chi connectivity index (χ1) is 20.2. The van der Waals surface area contributed by atoms with Crippen molar-refractivity contribution >= 4 is 30.5 Å². The maximum Gasteiger partial charge on any atom is 0.486 e. The van der Waals surface area contributed by atoms with Crippen LogP contribution in [0.2, 0.25) is 5.02 Å². The summed E-state index contributed by atoms with van der Waals surface area (Å²) in [7, 11) is -0.446. The fourth-order valence-corrected chi connectivity index (χ4v) is 6.20. The minimum atomic E-state index is -0.564. The van der Waals surface area contributed by atoms with Crippen molar-refractivity contribution in [2.24, 2.45) is 0 Å². The molecule has 2 aromatic carbocycles. The van der Waals surface area contributed by atoms with E-state index in [4.69, 9.17) is 20.9 Å². The second-order valence-electron chi connectivity index (χ2n) is 11.6. The summed E-state index contributed by atoms with van der Waals surface area (Å²) in [5.74, 6) is 2.52. The standard InChI is InChI=1S/C32H40BClN6O2/c1-7-10-17-40-30(35-36-37-40)29(39-20-18-38(19-21-39)26-15-12-14-25(34)22-26)28-16-11-13-24(27(28)8-2)23-32(6)31(4,5)41-33(9-3)42-32/h7-9,11-16,22,29H,1-3,10,17-21,23H2,4-6H3. The van der Waals surface area contributed by atoms with Gasteiger partial charge in [-0.1, -0.05) is 60.6 Å². The van der Waals surface area contributed by atoms with Gasteiger partial charge in [0.05, 0.1) is 17.2 Å². The Hall–Kier alpha value is -3.24. The fourth-order valence-electron chi connectivity index (χ4n) is 6.02. The maximum absolute atomic E-state index is 6.39. The number of allylic oxidation sites excluding steroid dienone is 1. The van der Waals surface area contributed by atoms with Gasteiger partial charge in [0, 0.05) is 49.9 Å². The SMILES string of the molecule is C=CCCn1nnnc1C(c1cccc(CC2(C)OB(C=C)OC2(C)C)c1C=C)N1CCN(c2cccc(Cl)c2)CC1. The third-order valence-electron chi connectivity index (χ3n) is 8.71. The molecule has 0 saturated carbocycles. The summed E-state index contributed by atoms with van der Waals surface area (Å²) in [6.45, 7) is 22.3. The number of nitrogens with zero attached hydrogens (tertiary/aromatic N) is 6. The Balaban J connectivity index is 1.51. The van der Waals surface area contributed by atoms with E-state index in [2.05, 4.69) is 90.1 Å². The zero-order valence-corrected chi connectivity index (χ0v) is 25.6. The summed E-state index contributed by atoms with van der Waals surface area (Å²) in [4.78, 5) is 4.85. The van der Waals surface area contributed by atoms with Crippen molar-refractivity contribution in [1.82, 2.24) is 25.1 Å². The average Bonchev–Trinajstić information content (AvgIpc) is 3.53. The van der Waals surface area contributed by atoms with Gasteiger partial charge in [0.15, 0.2) is 5.82 Å². The second kappa shape index (κ2) is 12.6. The van der Waals surface area contributed by atoms with E-state index in [1.54, 1.807) is 5.98 Å². The van der Waals surface area contributed by atoms with Crippen molar-refractivity contribution in [2.45, 2.75) is 57.4 Å². The highest BCUT2D eigenvalue weighted by molar-refractivity contribution is 6.51. The fraction of sp³-hybridized carbons (Fsp3) is 0.406. The molecule has 0 spiro atoms. The molecule has 10 heteroatoms. The number of rotatable bonds is 11. The molecule has 0 aliphatic carbocycles. The Morgan fingerprint density at radius 2 is 1.81 bits per heavy atom. The average molecular weight is 587 g/mol. The molecule has 0 N–H and O–H groups in total. The van der Waals surface area contributed by atoms with Crippen LogP contribution < -0.4 is 4.90 Å². The third-order valence-corrected chi connectivity index (χ3v) is 8.95. The van der Waals surface area contributed by atoms with Gasteiger partial charge in [-0.25, -0.2) is 4.68 Å². The number of benzene rings is 2. The summed E-state index contributed by atoms with van der Waals surface area (Å²) in [5.41, 5.74) is 3.39. The molecule has 3 heterocycles. The summed E-state index contributed by atoms with van der Waals surface area (Å²) < 4.78 is 14.5. The first-order valence-electron chi connectivity index (χ1n) is 14.5. The maximum atomic E-state index is 6.39. The highest BCUT2D eigenvalue weighted by Crippen LogP contribution is 2.42. The molecule has 3 aromatic rings. The monoisotopic (exact) mass is 586 g/mol. The molecular weight excluding hydrogens is 547 g/mol. The topological polar surface area (TPSA) is 68.5 Å². The highest BCUT2D eigenvalue weighted by Gasteiger charge is 2.53. The Kier molecular flexibility index (Phi) is 9.04. The van der Waals surface area contributed by atoms with Crippen molar-refractivity contribution < 1.29 is 9.31 Å². The number of aryl methyl sites for hydroxylation is 1. The van der Waals surface area contributed by atoms with Crippen LogP contribution in [0.3, 0.4) is 0 Å². The second-order valence-corrected chi connectivity index (χ2v) is 12.1. The van der Waals surface area contributed by atoms with Gasteiger partial charge in [0.2, 0.25) is 0 Å². The molecule has 1 aromatic heterocycles. The van der Waals surface area contributed by atoms with Crippen LogP contribution in [0.1, 0.15) is 55.7 Å². The third kappa shape index (κ3) is 5.97. The lowest BCUT2D eigenvalue weighted by atomic mass is 9.80. The van der Waals surface area contributed by atoms with Crippen LogP contribution in [0, 0.1) is 0 Å². The van der Waals surface area contributed by atoms with Crippen LogP contribution >= 0.6 is 11.6 Å². The van der Waals surface area contributed by atoms with Gasteiger partial charge in [-0.15, -0.1) is 18.3 Å². The van der Waals surface area contributed by atoms with Crippen LogP contribution in [0.15, 0.2) is 74.3 Å². The number of anilines is 1. The van der Waals surface area contributed by atoms with Gasteiger partial charge < -0.3 is 14.2 Å². The van der Waals surface area contributed by atoms with Crippen LogP contribution in [0.25, 0.3) is 6.08 Å². The van der Waals surface area contributed by atoms with Gasteiger partial charge in [-0.3, -0.25) is 4.90 Å². The molecule has 0 amide bonds. The number of hydrogen-bond donors (Lipinski definition) is 0. The molecule has 5 rings (SSSR count).